The number of halogens is 2. The number of thioether (sulfide) groups is 1. The van der Waals surface area contributed by atoms with E-state index in [-0.39, 0.29) is 17.5 Å². The van der Waals surface area contributed by atoms with E-state index in [1.807, 2.05) is 12.1 Å². The summed E-state index contributed by atoms with van der Waals surface area (Å²) in [4.78, 5) is 11.9. The maximum atomic E-state index is 12.8. The van der Waals surface area contributed by atoms with Crippen molar-refractivity contribution in [2.75, 3.05) is 25.3 Å². The average Bonchev–Trinajstić information content (AvgIpc) is 2.58. The van der Waals surface area contributed by atoms with Gasteiger partial charge in [0.15, 0.2) is 11.5 Å². The van der Waals surface area contributed by atoms with Crippen molar-refractivity contribution in [3.63, 3.8) is 0 Å². The summed E-state index contributed by atoms with van der Waals surface area (Å²) in [6.45, 7) is 0. The van der Waals surface area contributed by atoms with Crippen molar-refractivity contribution < 1.29 is 18.7 Å². The monoisotopic (exact) mass is 413 g/mol. The van der Waals surface area contributed by atoms with Gasteiger partial charge in [-0.25, -0.2) is 4.39 Å². The first kappa shape index (κ1) is 18.6. The van der Waals surface area contributed by atoms with Gasteiger partial charge in [-0.05, 0) is 42.0 Å². The van der Waals surface area contributed by atoms with Crippen molar-refractivity contribution in [1.82, 2.24) is 0 Å². The highest BCUT2D eigenvalue weighted by Crippen LogP contribution is 2.34. The van der Waals surface area contributed by atoms with Gasteiger partial charge in [0.05, 0.1) is 20.0 Å². The molecule has 2 aromatic rings. The SMILES string of the molecule is COc1cc(Br)c(CSCC(=O)Nc2ccc(F)cc2)cc1OC. The molecule has 0 atom stereocenters. The minimum atomic E-state index is -0.333. The van der Waals surface area contributed by atoms with Gasteiger partial charge in [0.1, 0.15) is 5.82 Å². The second kappa shape index (κ2) is 8.94. The number of rotatable bonds is 7. The number of ether oxygens (including phenoxy) is 2. The van der Waals surface area contributed by atoms with Crippen LogP contribution in [-0.4, -0.2) is 25.9 Å². The molecule has 2 rings (SSSR count). The maximum absolute atomic E-state index is 12.8. The Kier molecular flexibility index (Phi) is 6.93. The first-order chi connectivity index (χ1) is 11.5. The molecule has 0 aliphatic rings. The lowest BCUT2D eigenvalue weighted by Crippen LogP contribution is -2.14. The third-order valence-electron chi connectivity index (χ3n) is 3.17. The normalized spacial score (nSPS) is 10.3. The van der Waals surface area contributed by atoms with Gasteiger partial charge in [0.2, 0.25) is 5.91 Å². The van der Waals surface area contributed by atoms with Gasteiger partial charge in [0, 0.05) is 15.9 Å². The molecule has 7 heteroatoms. The number of anilines is 1. The summed E-state index contributed by atoms with van der Waals surface area (Å²) in [6.07, 6.45) is 0. The van der Waals surface area contributed by atoms with Crippen LogP contribution < -0.4 is 14.8 Å². The third-order valence-corrected chi connectivity index (χ3v) is 4.89. The van der Waals surface area contributed by atoms with Gasteiger partial charge >= 0.3 is 0 Å². The van der Waals surface area contributed by atoms with E-state index in [0.29, 0.717) is 22.9 Å². The van der Waals surface area contributed by atoms with Gasteiger partial charge in [-0.1, -0.05) is 15.9 Å². The molecule has 0 aliphatic carbocycles. The molecule has 0 aliphatic heterocycles. The van der Waals surface area contributed by atoms with Crippen molar-refractivity contribution in [3.8, 4) is 11.5 Å². The molecule has 2 aromatic carbocycles. The number of amides is 1. The van der Waals surface area contributed by atoms with E-state index < -0.39 is 0 Å². The molecule has 1 amide bonds. The molecule has 0 bridgehead atoms. The van der Waals surface area contributed by atoms with Crippen molar-refractivity contribution >= 4 is 39.3 Å². The van der Waals surface area contributed by atoms with Gasteiger partial charge in [-0.2, -0.15) is 0 Å². The van der Waals surface area contributed by atoms with Crippen LogP contribution in [0.1, 0.15) is 5.56 Å². The highest BCUT2D eigenvalue weighted by atomic mass is 79.9. The number of benzene rings is 2. The minimum Gasteiger partial charge on any atom is -0.493 e. The lowest BCUT2D eigenvalue weighted by molar-refractivity contribution is -0.113. The van der Waals surface area contributed by atoms with Crippen LogP contribution in [0.3, 0.4) is 0 Å². The highest BCUT2D eigenvalue weighted by molar-refractivity contribution is 9.10. The largest absolute Gasteiger partial charge is 0.493 e. The van der Waals surface area contributed by atoms with E-state index in [2.05, 4.69) is 21.2 Å². The zero-order valence-electron chi connectivity index (χ0n) is 13.3. The Morgan fingerprint density at radius 1 is 1.17 bits per heavy atom. The molecule has 0 saturated carbocycles. The molecular weight excluding hydrogens is 397 g/mol. The van der Waals surface area contributed by atoms with E-state index in [1.54, 1.807) is 14.2 Å². The molecule has 0 radical (unpaired) electrons. The molecule has 128 valence electrons. The van der Waals surface area contributed by atoms with Crippen molar-refractivity contribution in [2.45, 2.75) is 5.75 Å². The van der Waals surface area contributed by atoms with Gasteiger partial charge in [-0.15, -0.1) is 11.8 Å². The van der Waals surface area contributed by atoms with E-state index in [0.717, 1.165) is 10.0 Å². The van der Waals surface area contributed by atoms with Crippen molar-refractivity contribution in [3.05, 3.63) is 52.3 Å². The molecule has 0 aromatic heterocycles. The average molecular weight is 414 g/mol. The predicted molar refractivity (Wildman–Crippen MR) is 98.4 cm³/mol. The predicted octanol–water partition coefficient (Wildman–Crippen LogP) is 4.48. The summed E-state index contributed by atoms with van der Waals surface area (Å²) in [6, 6.07) is 9.40. The van der Waals surface area contributed by atoms with E-state index >= 15 is 0 Å². The Morgan fingerprint density at radius 3 is 2.42 bits per heavy atom. The Morgan fingerprint density at radius 2 is 1.79 bits per heavy atom. The first-order valence-corrected chi connectivity index (χ1v) is 9.02. The summed E-state index contributed by atoms with van der Waals surface area (Å²) < 4.78 is 24.2. The Balaban J connectivity index is 1.89. The third kappa shape index (κ3) is 5.14. The zero-order chi connectivity index (χ0) is 17.5. The second-order valence-electron chi connectivity index (χ2n) is 4.85. The first-order valence-electron chi connectivity index (χ1n) is 7.07. The summed E-state index contributed by atoms with van der Waals surface area (Å²) in [5.74, 6) is 1.75. The molecule has 0 fully saturated rings. The zero-order valence-corrected chi connectivity index (χ0v) is 15.7. The maximum Gasteiger partial charge on any atom is 0.234 e. The smallest absolute Gasteiger partial charge is 0.234 e. The van der Waals surface area contributed by atoms with Crippen LogP contribution in [0.4, 0.5) is 10.1 Å². The molecule has 0 spiro atoms. The van der Waals surface area contributed by atoms with Crippen molar-refractivity contribution in [2.24, 2.45) is 0 Å². The van der Waals surface area contributed by atoms with Gasteiger partial charge in [0.25, 0.3) is 0 Å². The molecule has 0 saturated heterocycles. The summed E-state index contributed by atoms with van der Waals surface area (Å²) in [5, 5.41) is 2.73. The number of hydrogen-bond acceptors (Lipinski definition) is 4. The highest BCUT2D eigenvalue weighted by Gasteiger charge is 2.10. The number of methoxy groups -OCH3 is 2. The summed E-state index contributed by atoms with van der Waals surface area (Å²) in [7, 11) is 3.16. The number of carbonyl (C=O) groups is 1. The second-order valence-corrected chi connectivity index (χ2v) is 6.69. The quantitative estimate of drug-likeness (QED) is 0.726. The fraction of sp³-hybridized carbons (Fsp3) is 0.235. The standard InChI is InChI=1S/C17H17BrFNO3S/c1-22-15-7-11(14(18)8-16(15)23-2)9-24-10-17(21)20-13-5-3-12(19)4-6-13/h3-8H,9-10H2,1-2H3,(H,20,21). The van der Waals surface area contributed by atoms with E-state index in [4.69, 9.17) is 9.47 Å². The van der Waals surface area contributed by atoms with Gasteiger partial charge < -0.3 is 14.8 Å². The Labute approximate surface area is 152 Å². The molecule has 4 nitrogen and oxygen atoms in total. The molecule has 24 heavy (non-hydrogen) atoms. The van der Waals surface area contributed by atoms with E-state index in [9.17, 15) is 9.18 Å². The topological polar surface area (TPSA) is 47.6 Å². The Bertz CT molecular complexity index is 710. The molecule has 0 heterocycles. The van der Waals surface area contributed by atoms with Crippen LogP contribution in [0.5, 0.6) is 11.5 Å². The summed E-state index contributed by atoms with van der Waals surface area (Å²) in [5.41, 5.74) is 1.58. The van der Waals surface area contributed by atoms with Crippen LogP contribution in [-0.2, 0) is 10.5 Å². The van der Waals surface area contributed by atoms with Crippen LogP contribution in [0.2, 0.25) is 0 Å². The van der Waals surface area contributed by atoms with Crippen molar-refractivity contribution in [1.29, 1.82) is 0 Å². The molecular formula is C17H17BrFNO3S. The lowest BCUT2D eigenvalue weighted by Gasteiger charge is -2.12. The minimum absolute atomic E-state index is 0.136. The Hall–Kier alpha value is -1.73. The molecule has 1 N–H and O–H groups in total. The van der Waals surface area contributed by atoms with Crippen LogP contribution in [0.25, 0.3) is 0 Å². The number of hydrogen-bond donors (Lipinski definition) is 1. The molecule has 0 unspecified atom stereocenters. The lowest BCUT2D eigenvalue weighted by atomic mass is 10.2. The van der Waals surface area contributed by atoms with Crippen LogP contribution in [0, 0.1) is 5.82 Å². The number of nitrogens with one attached hydrogen (secondary N) is 1. The number of carbonyl (C=O) groups excluding carboxylic acids is 1. The van der Waals surface area contributed by atoms with Gasteiger partial charge in [-0.3, -0.25) is 4.79 Å². The fourth-order valence-electron chi connectivity index (χ4n) is 1.99. The van der Waals surface area contributed by atoms with E-state index in [1.165, 1.54) is 36.0 Å². The van der Waals surface area contributed by atoms with Crippen LogP contribution in [0.15, 0.2) is 40.9 Å². The van der Waals surface area contributed by atoms with Crippen LogP contribution >= 0.6 is 27.7 Å². The fourth-order valence-corrected chi connectivity index (χ4v) is 3.46. The summed E-state index contributed by atoms with van der Waals surface area (Å²) >= 11 is 4.97.